The number of cyclic esters (lactones) is 1. The van der Waals surface area contributed by atoms with Gasteiger partial charge in [-0.3, -0.25) is 4.79 Å². The summed E-state index contributed by atoms with van der Waals surface area (Å²) in [4.78, 5) is 23.7. The van der Waals surface area contributed by atoms with E-state index in [-0.39, 0.29) is 5.76 Å². The van der Waals surface area contributed by atoms with Crippen LogP contribution >= 0.6 is 0 Å². The first-order valence-electron chi connectivity index (χ1n) is 5.94. The molecule has 0 radical (unpaired) electrons. The molecule has 5 heteroatoms. The second kappa shape index (κ2) is 5.71. The Morgan fingerprint density at radius 1 is 1.15 bits per heavy atom. The summed E-state index contributed by atoms with van der Waals surface area (Å²) in [6, 6.07) is 9.29. The Kier molecular flexibility index (Phi) is 4.00. The smallest absolute Gasteiger partial charge is 0.337 e. The molecule has 2 rings (SSSR count). The van der Waals surface area contributed by atoms with Crippen molar-refractivity contribution < 1.29 is 23.8 Å². The SMILES string of the molecule is COC1=CC(=O)O[C@@](/C=C/c2ccccc2)(OC)C1=O. The van der Waals surface area contributed by atoms with E-state index in [0.29, 0.717) is 0 Å². The van der Waals surface area contributed by atoms with Crippen LogP contribution in [0.5, 0.6) is 0 Å². The zero-order chi connectivity index (χ0) is 14.6. The Bertz CT molecular complexity index is 573. The molecule has 1 atom stereocenters. The molecule has 0 saturated carbocycles. The van der Waals surface area contributed by atoms with Crippen molar-refractivity contribution in [2.24, 2.45) is 0 Å². The van der Waals surface area contributed by atoms with Crippen molar-refractivity contribution in [3.8, 4) is 0 Å². The van der Waals surface area contributed by atoms with Gasteiger partial charge in [-0.25, -0.2) is 4.79 Å². The zero-order valence-electron chi connectivity index (χ0n) is 11.2. The van der Waals surface area contributed by atoms with E-state index in [4.69, 9.17) is 14.2 Å². The number of benzene rings is 1. The summed E-state index contributed by atoms with van der Waals surface area (Å²) in [6.07, 6.45) is 4.04. The van der Waals surface area contributed by atoms with Crippen LogP contribution in [0.3, 0.4) is 0 Å². The molecule has 1 aromatic carbocycles. The number of carbonyl (C=O) groups excluding carboxylic acids is 2. The van der Waals surface area contributed by atoms with Crippen LogP contribution in [-0.2, 0) is 23.8 Å². The highest BCUT2D eigenvalue weighted by atomic mass is 16.7. The third-order valence-electron chi connectivity index (χ3n) is 2.86. The van der Waals surface area contributed by atoms with Crippen LogP contribution in [0.2, 0.25) is 0 Å². The predicted molar refractivity (Wildman–Crippen MR) is 71.4 cm³/mol. The molecule has 1 aliphatic rings. The minimum absolute atomic E-state index is 0.0965. The summed E-state index contributed by atoms with van der Waals surface area (Å²) < 4.78 is 15.0. The van der Waals surface area contributed by atoms with Gasteiger partial charge in [0.2, 0.25) is 0 Å². The van der Waals surface area contributed by atoms with Crippen molar-refractivity contribution in [2.45, 2.75) is 5.79 Å². The fraction of sp³-hybridized carbons (Fsp3) is 0.200. The van der Waals surface area contributed by atoms with Crippen molar-refractivity contribution in [3.05, 3.63) is 53.8 Å². The van der Waals surface area contributed by atoms with E-state index in [9.17, 15) is 9.59 Å². The Labute approximate surface area is 116 Å². The maximum absolute atomic E-state index is 12.2. The first-order chi connectivity index (χ1) is 9.61. The Morgan fingerprint density at radius 3 is 2.45 bits per heavy atom. The Balaban J connectivity index is 2.35. The van der Waals surface area contributed by atoms with Gasteiger partial charge in [0, 0.05) is 7.11 Å². The molecular weight excluding hydrogens is 260 g/mol. The monoisotopic (exact) mass is 274 g/mol. The lowest BCUT2D eigenvalue weighted by molar-refractivity contribution is -0.201. The molecule has 0 aliphatic carbocycles. The third kappa shape index (κ3) is 2.62. The molecule has 0 saturated heterocycles. The van der Waals surface area contributed by atoms with Crippen LogP contribution in [0.25, 0.3) is 6.08 Å². The minimum Gasteiger partial charge on any atom is -0.492 e. The number of esters is 1. The number of Topliss-reactive ketones (excluding diaryl/α,β-unsaturated/α-hetero) is 1. The molecule has 1 heterocycles. The highest BCUT2D eigenvalue weighted by Crippen LogP contribution is 2.26. The zero-order valence-corrected chi connectivity index (χ0v) is 11.2. The van der Waals surface area contributed by atoms with Gasteiger partial charge in [0.15, 0.2) is 5.76 Å². The highest BCUT2D eigenvalue weighted by molar-refractivity contribution is 6.09. The number of hydrogen-bond acceptors (Lipinski definition) is 5. The van der Waals surface area contributed by atoms with E-state index in [2.05, 4.69) is 0 Å². The first-order valence-corrected chi connectivity index (χ1v) is 5.94. The van der Waals surface area contributed by atoms with Gasteiger partial charge in [0.1, 0.15) is 0 Å². The average molecular weight is 274 g/mol. The van der Waals surface area contributed by atoms with Crippen molar-refractivity contribution in [1.29, 1.82) is 0 Å². The van der Waals surface area contributed by atoms with Crippen molar-refractivity contribution >= 4 is 17.8 Å². The van der Waals surface area contributed by atoms with Crippen LogP contribution in [0.1, 0.15) is 5.56 Å². The highest BCUT2D eigenvalue weighted by Gasteiger charge is 2.46. The van der Waals surface area contributed by atoms with E-state index < -0.39 is 17.5 Å². The summed E-state index contributed by atoms with van der Waals surface area (Å²) in [6.45, 7) is 0. The molecule has 5 nitrogen and oxygen atoms in total. The molecule has 1 aliphatic heterocycles. The van der Waals surface area contributed by atoms with Gasteiger partial charge in [-0.05, 0) is 11.6 Å². The number of methoxy groups -OCH3 is 2. The molecule has 0 N–H and O–H groups in total. The normalized spacial score (nSPS) is 22.6. The van der Waals surface area contributed by atoms with Crippen LogP contribution in [0, 0.1) is 0 Å². The summed E-state index contributed by atoms with van der Waals surface area (Å²) in [5.41, 5.74) is 0.848. The Morgan fingerprint density at radius 2 is 1.85 bits per heavy atom. The maximum Gasteiger partial charge on any atom is 0.337 e. The van der Waals surface area contributed by atoms with Gasteiger partial charge in [0.05, 0.1) is 13.2 Å². The molecule has 104 valence electrons. The first kappa shape index (κ1) is 14.0. The van der Waals surface area contributed by atoms with Crippen LogP contribution < -0.4 is 0 Å². The number of rotatable bonds is 4. The fourth-order valence-corrected chi connectivity index (χ4v) is 1.80. The van der Waals surface area contributed by atoms with E-state index >= 15 is 0 Å². The van der Waals surface area contributed by atoms with Gasteiger partial charge in [-0.2, -0.15) is 0 Å². The van der Waals surface area contributed by atoms with Crippen LogP contribution in [0.15, 0.2) is 48.2 Å². The molecule has 0 spiro atoms. The quantitative estimate of drug-likeness (QED) is 0.782. The van der Waals surface area contributed by atoms with Gasteiger partial charge in [0.25, 0.3) is 5.78 Å². The standard InChI is InChI=1S/C15H14O5/c1-18-12-10-13(16)20-15(19-2,14(12)17)9-8-11-6-4-3-5-7-11/h3-10H,1-2H3/b9-8+/t15-/m1/s1. The molecule has 0 bridgehead atoms. The van der Waals surface area contributed by atoms with E-state index in [1.54, 1.807) is 6.08 Å². The van der Waals surface area contributed by atoms with Gasteiger partial charge < -0.3 is 14.2 Å². The molecule has 1 aromatic rings. The number of ether oxygens (including phenoxy) is 3. The molecule has 0 unspecified atom stereocenters. The largest absolute Gasteiger partial charge is 0.492 e. The summed E-state index contributed by atoms with van der Waals surface area (Å²) >= 11 is 0. The van der Waals surface area contributed by atoms with E-state index in [0.717, 1.165) is 11.6 Å². The lowest BCUT2D eigenvalue weighted by Gasteiger charge is -2.30. The fourth-order valence-electron chi connectivity index (χ4n) is 1.80. The molecule has 0 aromatic heterocycles. The van der Waals surface area contributed by atoms with Gasteiger partial charge in [-0.15, -0.1) is 0 Å². The second-order valence-electron chi connectivity index (χ2n) is 4.08. The second-order valence-corrected chi connectivity index (χ2v) is 4.08. The number of hydrogen-bond donors (Lipinski definition) is 0. The molecular formula is C15H14O5. The molecule has 0 fully saturated rings. The molecule has 0 amide bonds. The minimum atomic E-state index is -1.78. The van der Waals surface area contributed by atoms with Crippen molar-refractivity contribution in [1.82, 2.24) is 0 Å². The lowest BCUT2D eigenvalue weighted by Crippen LogP contribution is -2.47. The summed E-state index contributed by atoms with van der Waals surface area (Å²) in [5, 5.41) is 0. The lowest BCUT2D eigenvalue weighted by atomic mass is 10.0. The summed E-state index contributed by atoms with van der Waals surface area (Å²) in [7, 11) is 2.60. The van der Waals surface area contributed by atoms with Gasteiger partial charge in [-0.1, -0.05) is 36.4 Å². The van der Waals surface area contributed by atoms with Gasteiger partial charge >= 0.3 is 11.8 Å². The van der Waals surface area contributed by atoms with Crippen LogP contribution in [0.4, 0.5) is 0 Å². The Hall–Kier alpha value is -2.40. The van der Waals surface area contributed by atoms with Crippen molar-refractivity contribution in [3.63, 3.8) is 0 Å². The number of carbonyl (C=O) groups is 2. The van der Waals surface area contributed by atoms with Crippen molar-refractivity contribution in [2.75, 3.05) is 14.2 Å². The van der Waals surface area contributed by atoms with Crippen LogP contribution in [-0.4, -0.2) is 31.8 Å². The maximum atomic E-state index is 12.2. The number of ketones is 1. The van der Waals surface area contributed by atoms with E-state index in [1.807, 2.05) is 30.3 Å². The average Bonchev–Trinajstić information content (AvgIpc) is 2.49. The van der Waals surface area contributed by atoms with E-state index in [1.165, 1.54) is 20.3 Å². The third-order valence-corrected chi connectivity index (χ3v) is 2.86. The summed E-state index contributed by atoms with van der Waals surface area (Å²) in [5.74, 6) is -3.14. The molecule has 20 heavy (non-hydrogen) atoms. The predicted octanol–water partition coefficient (Wildman–Crippen LogP) is 1.70. The topological polar surface area (TPSA) is 61.8 Å².